The Kier molecular flexibility index (Phi) is 8.04. The lowest BCUT2D eigenvalue weighted by Gasteiger charge is -2.19. The highest BCUT2D eigenvalue weighted by atomic mass is 16.6. The standard InChI is InChI=1S/C22H24N2O4/c1-3-7-20(18-8-5-4-6-9-18)24-21(25)15-27-22(26)16(2)28-19-12-10-17(14-23)11-13-19/h4-6,8-13,16,20H,3,7,15H2,1-2H3,(H,24,25)/t16-,20-/m1/s1. The highest BCUT2D eigenvalue weighted by Crippen LogP contribution is 2.18. The number of carbonyl (C=O) groups excluding carboxylic acids is 2. The third-order valence-corrected chi connectivity index (χ3v) is 4.09. The number of rotatable bonds is 9. The third kappa shape index (κ3) is 6.44. The molecule has 0 spiro atoms. The van der Waals surface area contributed by atoms with Crippen LogP contribution in [0.25, 0.3) is 0 Å². The molecule has 0 aromatic heterocycles. The van der Waals surface area contributed by atoms with Crippen molar-refractivity contribution in [2.24, 2.45) is 0 Å². The van der Waals surface area contributed by atoms with Gasteiger partial charge in [0.1, 0.15) is 5.75 Å². The zero-order chi connectivity index (χ0) is 20.4. The van der Waals surface area contributed by atoms with Crippen LogP contribution in [0.1, 0.15) is 43.9 Å². The van der Waals surface area contributed by atoms with E-state index in [1.165, 1.54) is 0 Å². The topological polar surface area (TPSA) is 88.4 Å². The van der Waals surface area contributed by atoms with Crippen molar-refractivity contribution in [3.63, 3.8) is 0 Å². The van der Waals surface area contributed by atoms with E-state index in [1.54, 1.807) is 31.2 Å². The first-order chi connectivity index (χ1) is 13.5. The molecule has 0 saturated heterocycles. The molecule has 0 radical (unpaired) electrons. The van der Waals surface area contributed by atoms with E-state index < -0.39 is 12.1 Å². The van der Waals surface area contributed by atoms with Gasteiger partial charge >= 0.3 is 5.97 Å². The van der Waals surface area contributed by atoms with Crippen LogP contribution in [0.15, 0.2) is 54.6 Å². The number of esters is 1. The fourth-order valence-electron chi connectivity index (χ4n) is 2.65. The van der Waals surface area contributed by atoms with Crippen molar-refractivity contribution in [2.75, 3.05) is 6.61 Å². The molecule has 28 heavy (non-hydrogen) atoms. The Bertz CT molecular complexity index is 813. The van der Waals surface area contributed by atoms with E-state index in [9.17, 15) is 9.59 Å². The predicted molar refractivity (Wildman–Crippen MR) is 104 cm³/mol. The fourth-order valence-corrected chi connectivity index (χ4v) is 2.65. The third-order valence-electron chi connectivity index (χ3n) is 4.09. The van der Waals surface area contributed by atoms with Gasteiger partial charge in [0.05, 0.1) is 17.7 Å². The molecule has 0 unspecified atom stereocenters. The quantitative estimate of drug-likeness (QED) is 0.673. The molecule has 146 valence electrons. The van der Waals surface area contributed by atoms with Crippen LogP contribution in [0.5, 0.6) is 5.75 Å². The fraction of sp³-hybridized carbons (Fsp3) is 0.318. The molecular formula is C22H24N2O4. The van der Waals surface area contributed by atoms with E-state index in [1.807, 2.05) is 43.3 Å². The number of hydrogen-bond donors (Lipinski definition) is 1. The zero-order valence-corrected chi connectivity index (χ0v) is 16.1. The number of ether oxygens (including phenoxy) is 2. The SMILES string of the molecule is CCC[C@@H](NC(=O)COC(=O)[C@@H](C)Oc1ccc(C#N)cc1)c1ccccc1. The minimum Gasteiger partial charge on any atom is -0.479 e. The van der Waals surface area contributed by atoms with Crippen LogP contribution in [0, 0.1) is 11.3 Å². The van der Waals surface area contributed by atoms with Gasteiger partial charge < -0.3 is 14.8 Å². The summed E-state index contributed by atoms with van der Waals surface area (Å²) in [5, 5.41) is 11.7. The average molecular weight is 380 g/mol. The summed E-state index contributed by atoms with van der Waals surface area (Å²) in [6, 6.07) is 18.0. The number of nitrogens with zero attached hydrogens (tertiary/aromatic N) is 1. The summed E-state index contributed by atoms with van der Waals surface area (Å²) in [6.07, 6.45) is 0.832. The van der Waals surface area contributed by atoms with Gasteiger partial charge in [-0.2, -0.15) is 5.26 Å². The highest BCUT2D eigenvalue weighted by molar-refractivity contribution is 5.82. The predicted octanol–water partition coefficient (Wildman–Crippen LogP) is 3.53. The van der Waals surface area contributed by atoms with Crippen molar-refractivity contribution in [1.29, 1.82) is 5.26 Å². The second-order valence-electron chi connectivity index (χ2n) is 6.32. The molecule has 2 atom stereocenters. The molecule has 2 rings (SSSR count). The maximum Gasteiger partial charge on any atom is 0.347 e. The van der Waals surface area contributed by atoms with Gasteiger partial charge in [-0.05, 0) is 43.2 Å². The van der Waals surface area contributed by atoms with E-state index in [-0.39, 0.29) is 18.6 Å². The highest BCUT2D eigenvalue weighted by Gasteiger charge is 2.19. The Morgan fingerprint density at radius 2 is 1.79 bits per heavy atom. The van der Waals surface area contributed by atoms with Gasteiger partial charge in [0.25, 0.3) is 5.91 Å². The van der Waals surface area contributed by atoms with Crippen LogP contribution < -0.4 is 10.1 Å². The van der Waals surface area contributed by atoms with Crippen molar-refractivity contribution in [1.82, 2.24) is 5.32 Å². The number of benzene rings is 2. The summed E-state index contributed by atoms with van der Waals surface area (Å²) in [6.45, 7) is 3.22. The molecule has 6 nitrogen and oxygen atoms in total. The summed E-state index contributed by atoms with van der Waals surface area (Å²) in [7, 11) is 0. The van der Waals surface area contributed by atoms with Gasteiger partial charge in [-0.3, -0.25) is 4.79 Å². The molecule has 0 aliphatic rings. The van der Waals surface area contributed by atoms with Crippen LogP contribution >= 0.6 is 0 Å². The number of nitrogens with one attached hydrogen (secondary N) is 1. The lowest BCUT2D eigenvalue weighted by Crippen LogP contribution is -2.35. The first-order valence-corrected chi connectivity index (χ1v) is 9.21. The number of amides is 1. The van der Waals surface area contributed by atoms with Crippen molar-refractivity contribution >= 4 is 11.9 Å². The van der Waals surface area contributed by atoms with Crippen LogP contribution in [-0.2, 0) is 14.3 Å². The molecule has 2 aromatic carbocycles. The smallest absolute Gasteiger partial charge is 0.347 e. The van der Waals surface area contributed by atoms with E-state index in [4.69, 9.17) is 14.7 Å². The van der Waals surface area contributed by atoms with Crippen molar-refractivity contribution in [3.8, 4) is 11.8 Å². The van der Waals surface area contributed by atoms with Crippen molar-refractivity contribution in [3.05, 3.63) is 65.7 Å². The summed E-state index contributed by atoms with van der Waals surface area (Å²) in [4.78, 5) is 24.3. The van der Waals surface area contributed by atoms with Crippen molar-refractivity contribution < 1.29 is 19.1 Å². The Balaban J connectivity index is 1.83. The number of nitriles is 1. The molecule has 1 N–H and O–H groups in total. The minimum atomic E-state index is -0.874. The van der Waals surface area contributed by atoms with Gasteiger partial charge in [-0.15, -0.1) is 0 Å². The van der Waals surface area contributed by atoms with Gasteiger partial charge in [0.15, 0.2) is 12.7 Å². The molecule has 0 aliphatic heterocycles. The normalized spacial score (nSPS) is 12.3. The van der Waals surface area contributed by atoms with Gasteiger partial charge in [0, 0.05) is 0 Å². The number of carbonyl (C=O) groups is 2. The van der Waals surface area contributed by atoms with E-state index >= 15 is 0 Å². The summed E-state index contributed by atoms with van der Waals surface area (Å²) >= 11 is 0. The van der Waals surface area contributed by atoms with E-state index in [0.717, 1.165) is 18.4 Å². The maximum atomic E-state index is 12.2. The Hall–Kier alpha value is -3.33. The molecule has 2 aromatic rings. The average Bonchev–Trinajstić information content (AvgIpc) is 2.72. The van der Waals surface area contributed by atoms with Gasteiger partial charge in [0.2, 0.25) is 0 Å². The molecule has 1 amide bonds. The molecule has 0 bridgehead atoms. The van der Waals surface area contributed by atoms with Crippen LogP contribution in [0.3, 0.4) is 0 Å². The van der Waals surface area contributed by atoms with Gasteiger partial charge in [-0.25, -0.2) is 4.79 Å². The minimum absolute atomic E-state index is 0.121. The molecule has 0 heterocycles. The molecule has 0 aliphatic carbocycles. The van der Waals surface area contributed by atoms with Crippen molar-refractivity contribution in [2.45, 2.75) is 38.8 Å². The summed E-state index contributed by atoms with van der Waals surface area (Å²) in [5.41, 5.74) is 1.51. The molecular weight excluding hydrogens is 356 g/mol. The van der Waals surface area contributed by atoms with Crippen LogP contribution in [0.4, 0.5) is 0 Å². The Labute approximate surface area is 165 Å². The van der Waals surface area contributed by atoms with E-state index in [0.29, 0.717) is 11.3 Å². The molecule has 0 saturated carbocycles. The number of hydrogen-bond acceptors (Lipinski definition) is 5. The van der Waals surface area contributed by atoms with Gasteiger partial charge in [-0.1, -0.05) is 43.7 Å². The maximum absolute atomic E-state index is 12.2. The van der Waals surface area contributed by atoms with Crippen LogP contribution in [-0.4, -0.2) is 24.6 Å². The second kappa shape index (κ2) is 10.7. The zero-order valence-electron chi connectivity index (χ0n) is 16.1. The second-order valence-corrected chi connectivity index (χ2v) is 6.32. The lowest BCUT2D eigenvalue weighted by molar-refractivity contribution is -0.154. The first-order valence-electron chi connectivity index (χ1n) is 9.21. The summed E-state index contributed by atoms with van der Waals surface area (Å²) < 4.78 is 10.6. The molecule has 6 heteroatoms. The lowest BCUT2D eigenvalue weighted by atomic mass is 10.0. The van der Waals surface area contributed by atoms with E-state index in [2.05, 4.69) is 5.32 Å². The largest absolute Gasteiger partial charge is 0.479 e. The first kappa shape index (κ1) is 21.0. The monoisotopic (exact) mass is 380 g/mol. The summed E-state index contributed by atoms with van der Waals surface area (Å²) in [5.74, 6) is -0.549. The Morgan fingerprint density at radius 3 is 2.39 bits per heavy atom. The van der Waals surface area contributed by atoms with Crippen LogP contribution in [0.2, 0.25) is 0 Å². The Morgan fingerprint density at radius 1 is 1.11 bits per heavy atom. The molecule has 0 fully saturated rings.